The molecule has 7 rings (SSSR count). The van der Waals surface area contributed by atoms with Crippen molar-refractivity contribution >= 4 is 34.2 Å². The Bertz CT molecular complexity index is 2080. The Morgan fingerprint density at radius 1 is 1.02 bits per heavy atom. The second kappa shape index (κ2) is 14.4. The van der Waals surface area contributed by atoms with Crippen LogP contribution in [0.1, 0.15) is 46.0 Å². The van der Waals surface area contributed by atoms with Gasteiger partial charge in [0, 0.05) is 81.1 Å². The van der Waals surface area contributed by atoms with Gasteiger partial charge in [-0.25, -0.2) is 9.97 Å². The number of hydrogen-bond donors (Lipinski definition) is 1. The van der Waals surface area contributed by atoms with E-state index in [-0.39, 0.29) is 35.8 Å². The molecule has 2 aliphatic heterocycles. The maximum Gasteiger partial charge on any atom is 0.263 e. The van der Waals surface area contributed by atoms with E-state index in [0.717, 1.165) is 21.6 Å². The van der Waals surface area contributed by atoms with Gasteiger partial charge in [0.15, 0.2) is 0 Å². The van der Waals surface area contributed by atoms with Gasteiger partial charge in [-0.05, 0) is 48.6 Å². The van der Waals surface area contributed by atoms with Crippen LogP contribution >= 0.6 is 11.3 Å². The highest BCUT2D eigenvalue weighted by atomic mass is 32.1. The molecule has 0 radical (unpaired) electrons. The van der Waals surface area contributed by atoms with E-state index in [9.17, 15) is 19.5 Å². The zero-order valence-corrected chi connectivity index (χ0v) is 29.8. The number of carbonyl (C=O) groups excluding carboxylic acids is 2. The summed E-state index contributed by atoms with van der Waals surface area (Å²) in [6.45, 7) is 2.09. The zero-order chi connectivity index (χ0) is 35.7. The van der Waals surface area contributed by atoms with Crippen molar-refractivity contribution in [1.82, 2.24) is 28.9 Å². The number of amides is 2. The molecule has 5 aromatic rings. The Morgan fingerprint density at radius 3 is 2.51 bits per heavy atom. The predicted octanol–water partition coefficient (Wildman–Crippen LogP) is 4.31. The molecule has 0 aliphatic carbocycles. The summed E-state index contributed by atoms with van der Waals surface area (Å²) in [4.78, 5) is 55.4. The maximum absolute atomic E-state index is 14.2. The molecule has 0 unspecified atom stereocenters. The lowest BCUT2D eigenvalue weighted by atomic mass is 9.79. The predicted molar refractivity (Wildman–Crippen MR) is 194 cm³/mol. The van der Waals surface area contributed by atoms with Gasteiger partial charge in [0.05, 0.1) is 36.1 Å². The number of carbonyl (C=O) groups is 2. The van der Waals surface area contributed by atoms with Crippen molar-refractivity contribution < 1.29 is 24.2 Å². The molecule has 266 valence electrons. The average Bonchev–Trinajstić information content (AvgIpc) is 3.76. The first-order chi connectivity index (χ1) is 24.7. The van der Waals surface area contributed by atoms with Gasteiger partial charge in [0.1, 0.15) is 12.0 Å². The second-order valence-corrected chi connectivity index (χ2v) is 14.6. The molecule has 0 saturated carbocycles. The van der Waals surface area contributed by atoms with Crippen molar-refractivity contribution in [2.75, 3.05) is 40.4 Å². The van der Waals surface area contributed by atoms with Crippen LogP contribution in [0.25, 0.3) is 21.5 Å². The zero-order valence-electron chi connectivity index (χ0n) is 29.0. The molecule has 1 N–H and O–H groups in total. The Labute approximate surface area is 299 Å². The van der Waals surface area contributed by atoms with Gasteiger partial charge in [-0.2, -0.15) is 0 Å². The summed E-state index contributed by atoms with van der Waals surface area (Å²) in [7, 11) is 5.04. The third-order valence-corrected chi connectivity index (χ3v) is 11.5. The lowest BCUT2D eigenvalue weighted by Crippen LogP contribution is -2.53. The third kappa shape index (κ3) is 6.93. The van der Waals surface area contributed by atoms with E-state index in [1.807, 2.05) is 59.3 Å². The molecule has 2 aliphatic rings. The third-order valence-electron chi connectivity index (χ3n) is 10.3. The molecule has 6 heterocycles. The van der Waals surface area contributed by atoms with Crippen molar-refractivity contribution in [1.29, 1.82) is 0 Å². The number of likely N-dealkylation sites (tertiary alicyclic amines) is 2. The SMILES string of the molecule is COCc1cc(C(=O)N2CC[C@@H](C(=O)N3CCC(O)(Cn4cnc5c(ccn5C)c4=O)CC3)[C@H](c3ccccc3)C2)sc1-c1ccc(OC)nc1. The Kier molecular flexibility index (Phi) is 9.77. The molecular weight excluding hydrogens is 669 g/mol. The number of piperidine rings is 2. The van der Waals surface area contributed by atoms with Crippen LogP contribution in [0.5, 0.6) is 5.88 Å². The number of pyridine rings is 1. The monoisotopic (exact) mass is 710 g/mol. The van der Waals surface area contributed by atoms with Crippen LogP contribution in [0.15, 0.2) is 78.1 Å². The maximum atomic E-state index is 14.2. The fraction of sp³-hybridized carbons (Fsp3) is 0.395. The van der Waals surface area contributed by atoms with E-state index in [4.69, 9.17) is 9.47 Å². The first-order valence-corrected chi connectivity index (χ1v) is 18.0. The first kappa shape index (κ1) is 34.6. The van der Waals surface area contributed by atoms with Crippen molar-refractivity contribution in [3.8, 4) is 16.3 Å². The van der Waals surface area contributed by atoms with E-state index in [0.29, 0.717) is 73.8 Å². The molecule has 13 heteroatoms. The number of aromatic nitrogens is 4. The minimum Gasteiger partial charge on any atom is -0.481 e. The number of nitrogens with zero attached hydrogens (tertiary/aromatic N) is 6. The summed E-state index contributed by atoms with van der Waals surface area (Å²) in [5, 5.41) is 12.0. The Balaban J connectivity index is 1.06. The second-order valence-electron chi connectivity index (χ2n) is 13.5. The smallest absolute Gasteiger partial charge is 0.263 e. The highest BCUT2D eigenvalue weighted by Gasteiger charge is 2.42. The van der Waals surface area contributed by atoms with Gasteiger partial charge < -0.3 is 28.9 Å². The molecular formula is C38H42N6O6S. The molecule has 0 bridgehead atoms. The minimum atomic E-state index is -1.14. The van der Waals surface area contributed by atoms with Crippen molar-refractivity contribution in [2.45, 2.75) is 43.9 Å². The molecule has 4 aromatic heterocycles. The van der Waals surface area contributed by atoms with Crippen molar-refractivity contribution in [3.63, 3.8) is 0 Å². The highest BCUT2D eigenvalue weighted by Crippen LogP contribution is 2.38. The number of thiophene rings is 1. The number of benzene rings is 1. The summed E-state index contributed by atoms with van der Waals surface area (Å²) in [5.41, 5.74) is 2.09. The van der Waals surface area contributed by atoms with Gasteiger partial charge in [0.2, 0.25) is 11.8 Å². The summed E-state index contributed by atoms with van der Waals surface area (Å²) in [5.74, 6) is -0.0278. The molecule has 12 nitrogen and oxygen atoms in total. The van der Waals surface area contributed by atoms with E-state index in [2.05, 4.69) is 9.97 Å². The van der Waals surface area contributed by atoms with Gasteiger partial charge in [-0.15, -0.1) is 11.3 Å². The van der Waals surface area contributed by atoms with E-state index in [1.54, 1.807) is 43.3 Å². The first-order valence-electron chi connectivity index (χ1n) is 17.2. The highest BCUT2D eigenvalue weighted by molar-refractivity contribution is 7.17. The fourth-order valence-electron chi connectivity index (χ4n) is 7.45. The molecule has 2 saturated heterocycles. The average molecular weight is 711 g/mol. The minimum absolute atomic E-state index is 0.0373. The number of ether oxygens (including phenoxy) is 2. The lowest BCUT2D eigenvalue weighted by molar-refractivity contribution is -0.142. The fourth-order valence-corrected chi connectivity index (χ4v) is 8.57. The number of aryl methyl sites for hydroxylation is 1. The Hall–Kier alpha value is -4.85. The normalized spacial score (nSPS) is 19.0. The lowest BCUT2D eigenvalue weighted by Gasteiger charge is -2.43. The van der Waals surface area contributed by atoms with Gasteiger partial charge in [-0.1, -0.05) is 30.3 Å². The van der Waals surface area contributed by atoms with Crippen LogP contribution in [-0.2, 0) is 29.7 Å². The number of fused-ring (bicyclic) bond motifs is 1. The summed E-state index contributed by atoms with van der Waals surface area (Å²) in [6, 6.07) is 17.3. The molecule has 2 atom stereocenters. The van der Waals surface area contributed by atoms with Crippen LogP contribution in [-0.4, -0.2) is 91.8 Å². The molecule has 2 fully saturated rings. The molecule has 2 amide bonds. The summed E-state index contributed by atoms with van der Waals surface area (Å²) in [6.07, 6.45) is 6.24. The van der Waals surface area contributed by atoms with Crippen LogP contribution in [0.4, 0.5) is 0 Å². The summed E-state index contributed by atoms with van der Waals surface area (Å²) < 4.78 is 14.0. The largest absolute Gasteiger partial charge is 0.481 e. The van der Waals surface area contributed by atoms with Crippen molar-refractivity contribution in [2.24, 2.45) is 13.0 Å². The Morgan fingerprint density at radius 2 is 1.80 bits per heavy atom. The molecule has 51 heavy (non-hydrogen) atoms. The van der Waals surface area contributed by atoms with Gasteiger partial charge >= 0.3 is 0 Å². The molecule has 0 spiro atoms. The number of methoxy groups -OCH3 is 2. The van der Waals surface area contributed by atoms with Gasteiger partial charge in [0.25, 0.3) is 11.5 Å². The van der Waals surface area contributed by atoms with E-state index >= 15 is 0 Å². The number of aliphatic hydroxyl groups is 1. The van der Waals surface area contributed by atoms with Crippen LogP contribution in [0, 0.1) is 5.92 Å². The topological polar surface area (TPSA) is 132 Å². The number of rotatable bonds is 9. The van der Waals surface area contributed by atoms with Gasteiger partial charge in [-0.3, -0.25) is 19.0 Å². The number of hydrogen-bond acceptors (Lipinski definition) is 9. The molecule has 1 aromatic carbocycles. The van der Waals surface area contributed by atoms with Crippen LogP contribution in [0.2, 0.25) is 0 Å². The van der Waals surface area contributed by atoms with E-state index in [1.165, 1.54) is 22.2 Å². The standard InChI is InChI=1S/C38H42N6O6S/c1-41-15-11-29-34(41)40-24-44(36(29)46)23-38(48)13-17-42(18-14-38)35(45)28-12-16-43(21-30(28)25-7-5-4-6-8-25)37(47)31-19-27(22-49-2)33(51-31)26-9-10-32(50-3)39-20-26/h4-11,15,19-20,24,28,30,48H,12-14,16-18,21-23H2,1-3H3/t28-,30+/m1/s1. The van der Waals surface area contributed by atoms with Crippen LogP contribution in [0.3, 0.4) is 0 Å². The quantitative estimate of drug-likeness (QED) is 0.240. The summed E-state index contributed by atoms with van der Waals surface area (Å²) >= 11 is 1.42. The van der Waals surface area contributed by atoms with E-state index < -0.39 is 5.60 Å². The van der Waals surface area contributed by atoms with Crippen molar-refractivity contribution in [3.05, 3.63) is 99.7 Å². The van der Waals surface area contributed by atoms with Crippen LogP contribution < -0.4 is 10.3 Å².